The van der Waals surface area contributed by atoms with E-state index in [-0.39, 0.29) is 11.8 Å². The molecule has 0 bridgehead atoms. The predicted molar refractivity (Wildman–Crippen MR) is 146 cm³/mol. The number of hydrogen-bond acceptors (Lipinski definition) is 6. The van der Waals surface area contributed by atoms with Crippen molar-refractivity contribution in [3.05, 3.63) is 88.4 Å². The van der Waals surface area contributed by atoms with Gasteiger partial charge in [0.05, 0.1) is 33.7 Å². The molecule has 8 nitrogen and oxygen atoms in total. The van der Waals surface area contributed by atoms with Gasteiger partial charge in [0.15, 0.2) is 0 Å². The summed E-state index contributed by atoms with van der Waals surface area (Å²) in [6.45, 7) is 4.51. The zero-order valence-corrected chi connectivity index (χ0v) is 21.6. The number of thiophene rings is 1. The molecule has 1 saturated heterocycles. The lowest BCUT2D eigenvalue weighted by Crippen LogP contribution is -2.41. The second-order valence-electron chi connectivity index (χ2n) is 8.52. The van der Waals surface area contributed by atoms with Gasteiger partial charge in [-0.2, -0.15) is 5.10 Å². The van der Waals surface area contributed by atoms with Gasteiger partial charge in [-0.1, -0.05) is 35.9 Å². The number of aromatic nitrogens is 2. The first-order valence-electron chi connectivity index (χ1n) is 12.0. The third-order valence-electron chi connectivity index (χ3n) is 5.99. The Kier molecular flexibility index (Phi) is 7.96. The van der Waals surface area contributed by atoms with E-state index in [0.29, 0.717) is 33.4 Å². The van der Waals surface area contributed by atoms with Crippen LogP contribution in [0.1, 0.15) is 20.7 Å². The summed E-state index contributed by atoms with van der Waals surface area (Å²) >= 11 is 7.52. The van der Waals surface area contributed by atoms with Gasteiger partial charge in [0, 0.05) is 43.6 Å². The Morgan fingerprint density at radius 2 is 1.81 bits per heavy atom. The van der Waals surface area contributed by atoms with Crippen LogP contribution >= 0.6 is 22.9 Å². The second-order valence-corrected chi connectivity index (χ2v) is 10.2. The second kappa shape index (κ2) is 11.7. The Balaban J connectivity index is 1.30. The van der Waals surface area contributed by atoms with Crippen LogP contribution in [0.4, 0.5) is 5.69 Å². The normalized spacial score (nSPS) is 13.9. The number of carbonyl (C=O) groups is 2. The van der Waals surface area contributed by atoms with Crippen LogP contribution in [-0.4, -0.2) is 65.9 Å². The average molecular weight is 536 g/mol. The van der Waals surface area contributed by atoms with Crippen molar-refractivity contribution in [2.24, 2.45) is 0 Å². The third-order valence-corrected chi connectivity index (χ3v) is 7.22. The van der Waals surface area contributed by atoms with E-state index in [0.717, 1.165) is 43.4 Å². The van der Waals surface area contributed by atoms with Crippen LogP contribution in [0.15, 0.2) is 72.9 Å². The van der Waals surface area contributed by atoms with Crippen LogP contribution in [-0.2, 0) is 4.74 Å². The number of benzene rings is 2. The number of carbonyl (C=O) groups excluding carboxylic acids is 2. The van der Waals surface area contributed by atoms with Crippen molar-refractivity contribution in [2.75, 3.05) is 44.7 Å². The van der Waals surface area contributed by atoms with Crippen LogP contribution in [0, 0.1) is 0 Å². The molecule has 2 amide bonds. The predicted octanol–water partition coefficient (Wildman–Crippen LogP) is 4.57. The first-order valence-corrected chi connectivity index (χ1v) is 13.2. The van der Waals surface area contributed by atoms with Crippen LogP contribution in [0.3, 0.4) is 0 Å². The van der Waals surface area contributed by atoms with Crippen LogP contribution in [0.5, 0.6) is 0 Å². The SMILES string of the molecule is O=C(NCCN1CCOCC1)c1cccc(NC(=O)c2cn(-c3ccccc3)nc2-c2ccc(Cl)s2)c1. The summed E-state index contributed by atoms with van der Waals surface area (Å²) in [6, 6.07) is 20.1. The molecule has 37 heavy (non-hydrogen) atoms. The fourth-order valence-corrected chi connectivity index (χ4v) is 5.11. The molecule has 0 saturated carbocycles. The number of amides is 2. The van der Waals surface area contributed by atoms with E-state index in [1.54, 1.807) is 41.2 Å². The summed E-state index contributed by atoms with van der Waals surface area (Å²) in [5.41, 5.74) is 2.78. The molecule has 1 aliphatic heterocycles. The zero-order chi connectivity index (χ0) is 25.6. The lowest BCUT2D eigenvalue weighted by Gasteiger charge is -2.26. The first-order chi connectivity index (χ1) is 18.1. The van der Waals surface area contributed by atoms with Crippen LogP contribution < -0.4 is 10.6 Å². The molecule has 10 heteroatoms. The van der Waals surface area contributed by atoms with Gasteiger partial charge in [-0.25, -0.2) is 4.68 Å². The number of rotatable bonds is 8. The molecule has 0 radical (unpaired) electrons. The minimum Gasteiger partial charge on any atom is -0.379 e. The highest BCUT2D eigenvalue weighted by atomic mass is 35.5. The van der Waals surface area contributed by atoms with E-state index in [2.05, 4.69) is 20.6 Å². The fourth-order valence-electron chi connectivity index (χ4n) is 4.07. The summed E-state index contributed by atoms with van der Waals surface area (Å²) in [5.74, 6) is -0.512. The fraction of sp³-hybridized carbons (Fsp3) is 0.222. The lowest BCUT2D eigenvalue weighted by molar-refractivity contribution is 0.0383. The molecule has 5 rings (SSSR count). The highest BCUT2D eigenvalue weighted by Crippen LogP contribution is 2.33. The van der Waals surface area contributed by atoms with Crippen molar-refractivity contribution in [3.63, 3.8) is 0 Å². The Morgan fingerprint density at radius 1 is 1.00 bits per heavy atom. The van der Waals surface area contributed by atoms with Gasteiger partial charge < -0.3 is 15.4 Å². The molecule has 1 fully saturated rings. The maximum atomic E-state index is 13.4. The molecule has 3 heterocycles. The minimum atomic E-state index is -0.327. The lowest BCUT2D eigenvalue weighted by atomic mass is 10.1. The van der Waals surface area contributed by atoms with Gasteiger partial charge in [0.25, 0.3) is 11.8 Å². The number of ether oxygens (including phenoxy) is 1. The number of halogens is 1. The van der Waals surface area contributed by atoms with Crippen molar-refractivity contribution in [2.45, 2.75) is 0 Å². The van der Waals surface area contributed by atoms with Gasteiger partial charge in [0.2, 0.25) is 0 Å². The molecule has 2 N–H and O–H groups in total. The van der Waals surface area contributed by atoms with E-state index >= 15 is 0 Å². The van der Waals surface area contributed by atoms with E-state index in [1.165, 1.54) is 11.3 Å². The maximum Gasteiger partial charge on any atom is 0.259 e. The van der Waals surface area contributed by atoms with Gasteiger partial charge >= 0.3 is 0 Å². The van der Waals surface area contributed by atoms with E-state index in [4.69, 9.17) is 16.3 Å². The number of anilines is 1. The Bertz CT molecular complexity index is 1380. The monoisotopic (exact) mass is 535 g/mol. The van der Waals surface area contributed by atoms with Crippen molar-refractivity contribution in [3.8, 4) is 16.3 Å². The number of nitrogens with zero attached hydrogens (tertiary/aromatic N) is 3. The van der Waals surface area contributed by atoms with Crippen LogP contribution in [0.2, 0.25) is 4.34 Å². The van der Waals surface area contributed by atoms with Crippen LogP contribution in [0.25, 0.3) is 16.3 Å². The molecule has 1 aliphatic rings. The van der Waals surface area contributed by atoms with Gasteiger partial charge in [0.1, 0.15) is 5.69 Å². The highest BCUT2D eigenvalue weighted by molar-refractivity contribution is 7.19. The van der Waals surface area contributed by atoms with Gasteiger partial charge in [-0.15, -0.1) is 11.3 Å². The number of morpholine rings is 1. The zero-order valence-electron chi connectivity index (χ0n) is 20.0. The summed E-state index contributed by atoms with van der Waals surface area (Å²) in [6.07, 6.45) is 1.70. The smallest absolute Gasteiger partial charge is 0.259 e. The molecule has 0 spiro atoms. The topological polar surface area (TPSA) is 88.5 Å². The number of hydrogen-bond donors (Lipinski definition) is 2. The summed E-state index contributed by atoms with van der Waals surface area (Å²) < 4.78 is 7.65. The molecule has 2 aromatic carbocycles. The molecular formula is C27H26ClN5O3S. The van der Waals surface area contributed by atoms with Gasteiger partial charge in [-0.3, -0.25) is 14.5 Å². The average Bonchev–Trinajstić information content (AvgIpc) is 3.57. The first kappa shape index (κ1) is 25.2. The van der Waals surface area contributed by atoms with Crippen molar-refractivity contribution < 1.29 is 14.3 Å². The van der Waals surface area contributed by atoms with Crippen molar-refractivity contribution in [1.82, 2.24) is 20.0 Å². The third kappa shape index (κ3) is 6.26. The molecule has 0 unspecified atom stereocenters. The summed E-state index contributed by atoms with van der Waals surface area (Å²) in [7, 11) is 0. The van der Waals surface area contributed by atoms with E-state index in [9.17, 15) is 9.59 Å². The molecule has 190 valence electrons. The quantitative estimate of drug-likeness (QED) is 0.345. The number of para-hydroxylation sites is 1. The van der Waals surface area contributed by atoms with Crippen molar-refractivity contribution >= 4 is 40.4 Å². The molecule has 0 aliphatic carbocycles. The molecule has 0 atom stereocenters. The summed E-state index contributed by atoms with van der Waals surface area (Å²) in [4.78, 5) is 29.1. The largest absolute Gasteiger partial charge is 0.379 e. The molecule has 2 aromatic heterocycles. The summed E-state index contributed by atoms with van der Waals surface area (Å²) in [5, 5.41) is 10.6. The molecular weight excluding hydrogens is 510 g/mol. The van der Waals surface area contributed by atoms with Crippen molar-refractivity contribution in [1.29, 1.82) is 0 Å². The minimum absolute atomic E-state index is 0.185. The highest BCUT2D eigenvalue weighted by Gasteiger charge is 2.21. The maximum absolute atomic E-state index is 13.4. The standard InChI is InChI=1S/C27H26ClN5O3S/c28-24-10-9-23(37-24)25-22(18-33(31-25)21-7-2-1-3-8-21)27(35)30-20-6-4-5-19(17-20)26(34)29-11-12-32-13-15-36-16-14-32/h1-10,17-18H,11-16H2,(H,29,34)(H,30,35). The Hall–Kier alpha value is -3.50. The number of nitrogens with one attached hydrogen (secondary N) is 2. The van der Waals surface area contributed by atoms with E-state index < -0.39 is 0 Å². The van der Waals surface area contributed by atoms with Gasteiger partial charge in [-0.05, 0) is 42.5 Å². The molecule has 4 aromatic rings. The van der Waals surface area contributed by atoms with E-state index in [1.807, 2.05) is 36.4 Å². The Labute approximate surface area is 223 Å². The Morgan fingerprint density at radius 3 is 2.57 bits per heavy atom.